The summed E-state index contributed by atoms with van der Waals surface area (Å²) in [6.07, 6.45) is 0. The Balaban J connectivity index is 1.72. The maximum atomic E-state index is 12.4. The number of hydrogen-bond donors (Lipinski definition) is 1. The van der Waals surface area contributed by atoms with Crippen molar-refractivity contribution in [3.05, 3.63) is 59.7 Å². The van der Waals surface area contributed by atoms with Crippen molar-refractivity contribution in [2.45, 2.75) is 6.54 Å². The molecule has 0 aromatic heterocycles. The smallest absolute Gasteiger partial charge is 0.341 e. The van der Waals surface area contributed by atoms with Crippen molar-refractivity contribution in [1.29, 1.82) is 0 Å². The van der Waals surface area contributed by atoms with Crippen LogP contribution in [0.2, 0.25) is 0 Å². The van der Waals surface area contributed by atoms with Gasteiger partial charge in [-0.25, -0.2) is 4.79 Å². The molecule has 0 spiro atoms. The van der Waals surface area contributed by atoms with Crippen molar-refractivity contribution in [1.82, 2.24) is 5.32 Å². The minimum Gasteiger partial charge on any atom is -0.496 e. The predicted octanol–water partition coefficient (Wildman–Crippen LogP) is 3.35. The first kappa shape index (κ1) is 22.7. The molecule has 8 nitrogen and oxygen atoms in total. The number of benzene rings is 3. The topological polar surface area (TPSA) is 92.3 Å². The van der Waals surface area contributed by atoms with E-state index in [9.17, 15) is 9.59 Å². The first-order valence-electron chi connectivity index (χ1n) is 9.80. The van der Waals surface area contributed by atoms with Gasteiger partial charge < -0.3 is 29.0 Å². The van der Waals surface area contributed by atoms with E-state index >= 15 is 0 Å². The minimum absolute atomic E-state index is 0.188. The van der Waals surface area contributed by atoms with Gasteiger partial charge in [0.2, 0.25) is 0 Å². The van der Waals surface area contributed by atoms with Crippen LogP contribution >= 0.6 is 0 Å². The SMILES string of the molecule is COC(=O)c1cc2ccccc2cc1OCC(=O)NCc1cc(OC)c(OC)cc1OC. The molecule has 0 aliphatic carbocycles. The van der Waals surface area contributed by atoms with Crippen molar-refractivity contribution in [3.8, 4) is 23.0 Å². The van der Waals surface area contributed by atoms with Crippen LogP contribution in [0.15, 0.2) is 48.5 Å². The first-order valence-corrected chi connectivity index (χ1v) is 9.80. The van der Waals surface area contributed by atoms with Crippen LogP contribution < -0.4 is 24.3 Å². The van der Waals surface area contributed by atoms with Crippen LogP contribution in [-0.2, 0) is 16.1 Å². The van der Waals surface area contributed by atoms with E-state index < -0.39 is 5.97 Å². The number of ether oxygens (including phenoxy) is 5. The van der Waals surface area contributed by atoms with Crippen LogP contribution in [0.5, 0.6) is 23.0 Å². The molecule has 0 aliphatic heterocycles. The first-order chi connectivity index (χ1) is 15.5. The molecule has 1 N–H and O–H groups in total. The summed E-state index contributed by atoms with van der Waals surface area (Å²) in [6.45, 7) is -0.0920. The summed E-state index contributed by atoms with van der Waals surface area (Å²) >= 11 is 0. The van der Waals surface area contributed by atoms with Crippen LogP contribution in [0.4, 0.5) is 0 Å². The summed E-state index contributed by atoms with van der Waals surface area (Å²) in [5, 5.41) is 4.52. The van der Waals surface area contributed by atoms with E-state index in [0.29, 0.717) is 22.8 Å². The normalized spacial score (nSPS) is 10.4. The molecule has 8 heteroatoms. The highest BCUT2D eigenvalue weighted by molar-refractivity contribution is 5.98. The van der Waals surface area contributed by atoms with Gasteiger partial charge in [0, 0.05) is 18.2 Å². The number of hydrogen-bond acceptors (Lipinski definition) is 7. The largest absolute Gasteiger partial charge is 0.496 e. The van der Waals surface area contributed by atoms with Gasteiger partial charge in [-0.3, -0.25) is 4.79 Å². The van der Waals surface area contributed by atoms with Crippen LogP contribution in [-0.4, -0.2) is 46.9 Å². The highest BCUT2D eigenvalue weighted by Gasteiger charge is 2.17. The van der Waals surface area contributed by atoms with E-state index in [1.807, 2.05) is 24.3 Å². The van der Waals surface area contributed by atoms with Gasteiger partial charge in [-0.2, -0.15) is 0 Å². The summed E-state index contributed by atoms with van der Waals surface area (Å²) in [7, 11) is 5.89. The third-order valence-corrected chi connectivity index (χ3v) is 4.87. The fourth-order valence-corrected chi connectivity index (χ4v) is 3.23. The second kappa shape index (κ2) is 10.4. The summed E-state index contributed by atoms with van der Waals surface area (Å²) in [6, 6.07) is 14.4. The van der Waals surface area contributed by atoms with Crippen LogP contribution in [0.25, 0.3) is 10.8 Å². The highest BCUT2D eigenvalue weighted by atomic mass is 16.5. The molecule has 0 fully saturated rings. The summed E-state index contributed by atoms with van der Waals surface area (Å²) < 4.78 is 26.5. The lowest BCUT2D eigenvalue weighted by atomic mass is 10.1. The molecule has 0 bridgehead atoms. The lowest BCUT2D eigenvalue weighted by molar-refractivity contribution is -0.123. The van der Waals surface area contributed by atoms with Crippen LogP contribution in [0, 0.1) is 0 Å². The van der Waals surface area contributed by atoms with Crippen molar-refractivity contribution < 1.29 is 33.3 Å². The summed E-state index contributed by atoms with van der Waals surface area (Å²) in [4.78, 5) is 24.6. The molecule has 0 unspecified atom stereocenters. The van der Waals surface area contributed by atoms with Gasteiger partial charge in [-0.05, 0) is 29.0 Å². The molecule has 1 amide bonds. The summed E-state index contributed by atoms with van der Waals surface area (Å²) in [5.74, 6) is 0.954. The van der Waals surface area contributed by atoms with Gasteiger partial charge >= 0.3 is 5.97 Å². The molecule has 0 saturated carbocycles. The molecule has 3 aromatic rings. The van der Waals surface area contributed by atoms with E-state index in [2.05, 4.69) is 5.32 Å². The number of fused-ring (bicyclic) bond motifs is 1. The van der Waals surface area contributed by atoms with E-state index in [4.69, 9.17) is 23.7 Å². The summed E-state index contributed by atoms with van der Waals surface area (Å²) in [5.41, 5.74) is 0.958. The molecule has 0 heterocycles. The van der Waals surface area contributed by atoms with Gasteiger partial charge in [0.15, 0.2) is 18.1 Å². The Morgan fingerprint density at radius 3 is 2.03 bits per heavy atom. The molecular weight excluding hydrogens is 414 g/mol. The van der Waals surface area contributed by atoms with Gasteiger partial charge in [-0.15, -0.1) is 0 Å². The number of esters is 1. The second-order valence-electron chi connectivity index (χ2n) is 6.77. The maximum absolute atomic E-state index is 12.4. The third-order valence-electron chi connectivity index (χ3n) is 4.87. The zero-order valence-corrected chi connectivity index (χ0v) is 18.4. The number of methoxy groups -OCH3 is 4. The molecule has 0 radical (unpaired) electrons. The number of carbonyl (C=O) groups is 2. The molecule has 0 aliphatic rings. The van der Waals surface area contributed by atoms with Gasteiger partial charge in [0.25, 0.3) is 5.91 Å². The van der Waals surface area contributed by atoms with Gasteiger partial charge in [0.05, 0.1) is 28.4 Å². The Morgan fingerprint density at radius 1 is 0.781 bits per heavy atom. The molecule has 32 heavy (non-hydrogen) atoms. The van der Waals surface area contributed by atoms with Crippen molar-refractivity contribution in [2.75, 3.05) is 35.0 Å². The Labute approximate surface area is 186 Å². The quantitative estimate of drug-likeness (QED) is 0.511. The van der Waals surface area contributed by atoms with Crippen molar-refractivity contribution in [3.63, 3.8) is 0 Å². The standard InChI is InChI=1S/C24H25NO7/c1-28-19-12-22(30-3)21(29-2)11-17(19)13-25-23(26)14-32-20-10-16-8-6-5-7-15(16)9-18(20)24(27)31-4/h5-12H,13-14H2,1-4H3,(H,25,26). The fourth-order valence-electron chi connectivity index (χ4n) is 3.23. The maximum Gasteiger partial charge on any atom is 0.341 e. The highest BCUT2D eigenvalue weighted by Crippen LogP contribution is 2.34. The lowest BCUT2D eigenvalue weighted by Gasteiger charge is -2.15. The Hall–Kier alpha value is -3.94. The number of rotatable bonds is 9. The number of nitrogens with one attached hydrogen (secondary N) is 1. The third kappa shape index (κ3) is 5.03. The van der Waals surface area contributed by atoms with E-state index in [0.717, 1.165) is 10.8 Å². The average Bonchev–Trinajstić information content (AvgIpc) is 2.84. The van der Waals surface area contributed by atoms with Gasteiger partial charge in [-0.1, -0.05) is 24.3 Å². The second-order valence-corrected chi connectivity index (χ2v) is 6.77. The van der Waals surface area contributed by atoms with Gasteiger partial charge in [0.1, 0.15) is 17.1 Å². The zero-order chi connectivity index (χ0) is 23.1. The average molecular weight is 439 g/mol. The molecular formula is C24H25NO7. The molecule has 168 valence electrons. The van der Waals surface area contributed by atoms with Crippen LogP contribution in [0.3, 0.4) is 0 Å². The monoisotopic (exact) mass is 439 g/mol. The van der Waals surface area contributed by atoms with E-state index in [1.165, 1.54) is 28.4 Å². The Morgan fingerprint density at radius 2 is 1.41 bits per heavy atom. The molecule has 3 rings (SSSR count). The van der Waals surface area contributed by atoms with Crippen LogP contribution in [0.1, 0.15) is 15.9 Å². The zero-order valence-electron chi connectivity index (χ0n) is 18.4. The molecule has 0 saturated heterocycles. The van der Waals surface area contributed by atoms with E-state index in [1.54, 1.807) is 24.3 Å². The fraction of sp³-hybridized carbons (Fsp3) is 0.250. The Kier molecular flexibility index (Phi) is 7.38. The number of carbonyl (C=O) groups excluding carboxylic acids is 2. The van der Waals surface area contributed by atoms with Crippen molar-refractivity contribution in [2.24, 2.45) is 0 Å². The predicted molar refractivity (Wildman–Crippen MR) is 119 cm³/mol. The van der Waals surface area contributed by atoms with Crippen molar-refractivity contribution >= 4 is 22.6 Å². The number of amides is 1. The van der Waals surface area contributed by atoms with E-state index in [-0.39, 0.29) is 30.4 Å². The lowest BCUT2D eigenvalue weighted by Crippen LogP contribution is -2.29. The minimum atomic E-state index is -0.541. The Bertz CT molecular complexity index is 1130. The molecule has 0 atom stereocenters. The molecule has 3 aromatic carbocycles.